The SMILES string of the molecule is C/C(=C/[C@@H]1CCCN1C(=O)OC(C)(C)C)C(=O)N[C@@H](C)/C=C(\C)C(=O)NC(C)C. The highest BCUT2D eigenvalue weighted by atomic mass is 16.6. The van der Waals surface area contributed by atoms with Gasteiger partial charge in [0.25, 0.3) is 0 Å². The molecule has 7 nitrogen and oxygen atoms in total. The third-order valence-electron chi connectivity index (χ3n) is 4.36. The number of hydrogen-bond acceptors (Lipinski definition) is 4. The molecule has 164 valence electrons. The van der Waals surface area contributed by atoms with Crippen LogP contribution in [-0.4, -0.2) is 53.1 Å². The third kappa shape index (κ3) is 8.71. The van der Waals surface area contributed by atoms with Gasteiger partial charge >= 0.3 is 6.09 Å². The number of likely N-dealkylation sites (tertiary alicyclic amines) is 1. The topological polar surface area (TPSA) is 87.7 Å². The van der Waals surface area contributed by atoms with Crippen molar-refractivity contribution in [3.8, 4) is 0 Å². The molecule has 0 aliphatic carbocycles. The van der Waals surface area contributed by atoms with Crippen molar-refractivity contribution >= 4 is 17.9 Å². The second kappa shape index (κ2) is 10.5. The van der Waals surface area contributed by atoms with Crippen LogP contribution < -0.4 is 10.6 Å². The molecule has 1 aliphatic rings. The minimum Gasteiger partial charge on any atom is -0.444 e. The average molecular weight is 408 g/mol. The molecule has 1 aliphatic heterocycles. The molecule has 2 N–H and O–H groups in total. The van der Waals surface area contributed by atoms with E-state index in [-0.39, 0.29) is 36.0 Å². The van der Waals surface area contributed by atoms with Crippen LogP contribution in [0.5, 0.6) is 0 Å². The quantitative estimate of drug-likeness (QED) is 0.661. The lowest BCUT2D eigenvalue weighted by Crippen LogP contribution is -2.39. The summed E-state index contributed by atoms with van der Waals surface area (Å²) in [7, 11) is 0. The Morgan fingerprint density at radius 1 is 1.03 bits per heavy atom. The van der Waals surface area contributed by atoms with E-state index >= 15 is 0 Å². The fourth-order valence-electron chi connectivity index (χ4n) is 3.07. The fourth-order valence-corrected chi connectivity index (χ4v) is 3.07. The molecular formula is C22H37N3O4. The molecular weight excluding hydrogens is 370 g/mol. The third-order valence-corrected chi connectivity index (χ3v) is 4.36. The summed E-state index contributed by atoms with van der Waals surface area (Å²) >= 11 is 0. The van der Waals surface area contributed by atoms with Crippen LogP contribution in [0.15, 0.2) is 23.3 Å². The monoisotopic (exact) mass is 407 g/mol. The normalized spacial score (nSPS) is 19.2. The van der Waals surface area contributed by atoms with Crippen LogP contribution in [0.1, 0.15) is 68.2 Å². The second-order valence-electron chi connectivity index (χ2n) is 8.97. The van der Waals surface area contributed by atoms with E-state index in [4.69, 9.17) is 4.74 Å². The number of hydrogen-bond donors (Lipinski definition) is 2. The first kappa shape index (κ1) is 24.7. The van der Waals surface area contributed by atoms with E-state index in [9.17, 15) is 14.4 Å². The predicted octanol–water partition coefficient (Wildman–Crippen LogP) is 3.31. The Kier molecular flexibility index (Phi) is 8.92. The van der Waals surface area contributed by atoms with Gasteiger partial charge in [-0.25, -0.2) is 4.79 Å². The lowest BCUT2D eigenvalue weighted by molar-refractivity contribution is -0.119. The van der Waals surface area contributed by atoms with Crippen LogP contribution in [0.2, 0.25) is 0 Å². The Labute approximate surface area is 174 Å². The molecule has 1 saturated heterocycles. The smallest absolute Gasteiger partial charge is 0.410 e. The highest BCUT2D eigenvalue weighted by molar-refractivity contribution is 5.94. The molecule has 2 atom stereocenters. The molecule has 0 aromatic carbocycles. The van der Waals surface area contributed by atoms with Crippen molar-refractivity contribution in [2.75, 3.05) is 6.54 Å². The van der Waals surface area contributed by atoms with Crippen molar-refractivity contribution < 1.29 is 19.1 Å². The summed E-state index contributed by atoms with van der Waals surface area (Å²) in [6, 6.07) is -0.394. The maximum absolute atomic E-state index is 12.5. The van der Waals surface area contributed by atoms with Crippen molar-refractivity contribution in [3.05, 3.63) is 23.3 Å². The molecule has 1 rings (SSSR count). The van der Waals surface area contributed by atoms with Crippen LogP contribution in [0.4, 0.5) is 4.79 Å². The first-order valence-corrected chi connectivity index (χ1v) is 10.3. The molecule has 0 radical (unpaired) electrons. The van der Waals surface area contributed by atoms with Crippen LogP contribution in [0.3, 0.4) is 0 Å². The van der Waals surface area contributed by atoms with E-state index < -0.39 is 5.60 Å². The predicted molar refractivity (Wildman–Crippen MR) is 114 cm³/mol. The summed E-state index contributed by atoms with van der Waals surface area (Å²) in [5, 5.41) is 5.70. The van der Waals surface area contributed by atoms with Crippen LogP contribution >= 0.6 is 0 Å². The molecule has 3 amide bonds. The van der Waals surface area contributed by atoms with Gasteiger partial charge in [-0.1, -0.05) is 12.2 Å². The number of ether oxygens (including phenoxy) is 1. The number of carbonyl (C=O) groups excluding carboxylic acids is 3. The Hall–Kier alpha value is -2.31. The highest BCUT2D eigenvalue weighted by Crippen LogP contribution is 2.22. The summed E-state index contributed by atoms with van der Waals surface area (Å²) < 4.78 is 5.46. The number of nitrogens with zero attached hydrogens (tertiary/aromatic N) is 1. The molecule has 29 heavy (non-hydrogen) atoms. The molecule has 1 fully saturated rings. The van der Waals surface area contributed by atoms with E-state index in [1.165, 1.54) is 0 Å². The number of carbonyl (C=O) groups is 3. The van der Waals surface area contributed by atoms with Crippen LogP contribution in [-0.2, 0) is 14.3 Å². The van der Waals surface area contributed by atoms with Crippen LogP contribution in [0.25, 0.3) is 0 Å². The van der Waals surface area contributed by atoms with E-state index in [1.807, 2.05) is 47.6 Å². The van der Waals surface area contributed by atoms with Gasteiger partial charge in [-0.05, 0) is 68.2 Å². The van der Waals surface area contributed by atoms with Gasteiger partial charge in [0.05, 0.1) is 6.04 Å². The largest absolute Gasteiger partial charge is 0.444 e. The standard InChI is InChI=1S/C22H37N3O4/c1-14(2)23-19(26)15(3)12-17(5)24-20(27)16(4)13-18-10-9-11-25(18)21(28)29-22(6,7)8/h12-14,17-18H,9-11H2,1-8H3,(H,23,26)(H,24,27)/b15-12+,16-13-/t17-,18-/m0/s1. The maximum Gasteiger partial charge on any atom is 0.410 e. The van der Waals surface area contributed by atoms with E-state index in [2.05, 4.69) is 10.6 Å². The molecule has 0 aromatic heterocycles. The second-order valence-corrected chi connectivity index (χ2v) is 8.97. The molecule has 1 heterocycles. The van der Waals surface area contributed by atoms with E-state index in [0.717, 1.165) is 12.8 Å². The fraction of sp³-hybridized carbons (Fsp3) is 0.682. The zero-order valence-electron chi connectivity index (χ0n) is 19.1. The summed E-state index contributed by atoms with van der Waals surface area (Å²) in [6.07, 6.45) is 4.87. The summed E-state index contributed by atoms with van der Waals surface area (Å²) in [5.74, 6) is -0.367. The van der Waals surface area contributed by atoms with Gasteiger partial charge in [0.2, 0.25) is 11.8 Å². The zero-order valence-corrected chi connectivity index (χ0v) is 19.1. The molecule has 0 aromatic rings. The lowest BCUT2D eigenvalue weighted by Gasteiger charge is -2.27. The van der Waals surface area contributed by atoms with E-state index in [1.54, 1.807) is 24.8 Å². The number of amides is 3. The van der Waals surface area contributed by atoms with Gasteiger partial charge in [-0.2, -0.15) is 0 Å². The molecule has 0 spiro atoms. The minimum atomic E-state index is -0.554. The van der Waals surface area contributed by atoms with Crippen molar-refractivity contribution in [2.24, 2.45) is 0 Å². The Morgan fingerprint density at radius 2 is 1.62 bits per heavy atom. The molecule has 7 heteroatoms. The van der Waals surface area contributed by atoms with E-state index in [0.29, 0.717) is 17.7 Å². The summed E-state index contributed by atoms with van der Waals surface area (Å²) in [6.45, 7) is 15.2. The average Bonchev–Trinajstić information content (AvgIpc) is 3.00. The van der Waals surface area contributed by atoms with Crippen molar-refractivity contribution in [2.45, 2.75) is 92.0 Å². The Balaban J connectivity index is 2.73. The Bertz CT molecular complexity index is 674. The van der Waals surface area contributed by atoms with Gasteiger partial charge in [0.1, 0.15) is 5.60 Å². The first-order valence-electron chi connectivity index (χ1n) is 10.3. The molecule has 0 unspecified atom stereocenters. The Morgan fingerprint density at radius 3 is 2.17 bits per heavy atom. The summed E-state index contributed by atoms with van der Waals surface area (Å²) in [4.78, 5) is 38.6. The van der Waals surface area contributed by atoms with Gasteiger partial charge in [-0.3, -0.25) is 9.59 Å². The first-order chi connectivity index (χ1) is 13.3. The maximum atomic E-state index is 12.5. The van der Waals surface area contributed by atoms with Gasteiger partial charge in [-0.15, -0.1) is 0 Å². The summed E-state index contributed by atoms with van der Waals surface area (Å²) in [5.41, 5.74) is 0.539. The lowest BCUT2D eigenvalue weighted by atomic mass is 10.1. The zero-order chi connectivity index (χ0) is 22.4. The van der Waals surface area contributed by atoms with Gasteiger partial charge in [0, 0.05) is 29.8 Å². The number of nitrogens with one attached hydrogen (secondary N) is 2. The highest BCUT2D eigenvalue weighted by Gasteiger charge is 2.31. The molecule has 0 saturated carbocycles. The van der Waals surface area contributed by atoms with Crippen molar-refractivity contribution in [1.29, 1.82) is 0 Å². The van der Waals surface area contributed by atoms with Crippen molar-refractivity contribution in [3.63, 3.8) is 0 Å². The molecule has 0 bridgehead atoms. The van der Waals surface area contributed by atoms with Crippen LogP contribution in [0, 0.1) is 0 Å². The number of rotatable bonds is 6. The minimum absolute atomic E-state index is 0.0558. The van der Waals surface area contributed by atoms with Gasteiger partial charge < -0.3 is 20.3 Å². The van der Waals surface area contributed by atoms with Gasteiger partial charge in [0.15, 0.2) is 0 Å². The van der Waals surface area contributed by atoms with Crippen molar-refractivity contribution in [1.82, 2.24) is 15.5 Å².